The standard InChI is InChI=1S/C33H36ClF3N8O4/c1-19(2)13-38-26(46)28(48)45-16-21-14-44(15-22(21)17-45)27(47)20-3-9-25(10-4-20)39-29-40-30(42-31(41-29)49-18-33(35,36)37)43-32(11-12-32)23-5-7-24(34)8-6-23/h3-10,19,21-22H,11-18H2,1-2H3,(H,38,46)(H2,39,40,41,42,43). The number of rotatable bonds is 10. The number of alkyl halides is 3. The molecule has 1 saturated carbocycles. The summed E-state index contributed by atoms with van der Waals surface area (Å²) in [5, 5.41) is 9.43. The number of aromatic nitrogens is 3. The average molecular weight is 701 g/mol. The Hall–Kier alpha value is -4.66. The van der Waals surface area contributed by atoms with Crippen LogP contribution in [-0.4, -0.2) is 88.0 Å². The van der Waals surface area contributed by atoms with Crippen LogP contribution < -0.4 is 20.7 Å². The quantitative estimate of drug-likeness (QED) is 0.259. The molecule has 6 rings (SSSR count). The molecule has 0 bridgehead atoms. The van der Waals surface area contributed by atoms with E-state index in [1.165, 1.54) is 0 Å². The zero-order valence-corrected chi connectivity index (χ0v) is 27.6. The molecule has 3 N–H and O–H groups in total. The monoisotopic (exact) mass is 700 g/mol. The van der Waals surface area contributed by atoms with Gasteiger partial charge in [0.1, 0.15) is 0 Å². The van der Waals surface area contributed by atoms with E-state index in [1.54, 1.807) is 46.2 Å². The molecular weight excluding hydrogens is 665 g/mol. The molecule has 12 nitrogen and oxygen atoms in total. The number of likely N-dealkylation sites (tertiary alicyclic amines) is 2. The maximum atomic E-state index is 13.3. The molecule has 3 fully saturated rings. The van der Waals surface area contributed by atoms with Crippen molar-refractivity contribution < 1.29 is 32.3 Å². The Kier molecular flexibility index (Phi) is 9.56. The summed E-state index contributed by atoms with van der Waals surface area (Å²) in [6.45, 7) is 4.54. The number of nitrogens with one attached hydrogen (secondary N) is 3. The van der Waals surface area contributed by atoms with Crippen LogP contribution in [0.5, 0.6) is 6.01 Å². The number of ether oxygens (including phenoxy) is 1. The van der Waals surface area contributed by atoms with Crippen LogP contribution in [0, 0.1) is 17.8 Å². The number of carbonyl (C=O) groups excluding carboxylic acids is 3. The van der Waals surface area contributed by atoms with Gasteiger partial charge in [-0.25, -0.2) is 0 Å². The number of nitrogens with zero attached hydrogens (tertiary/aromatic N) is 5. The fourth-order valence-corrected chi connectivity index (χ4v) is 6.25. The molecule has 2 atom stereocenters. The Morgan fingerprint density at radius 3 is 2.12 bits per heavy atom. The largest absolute Gasteiger partial charge is 0.454 e. The Balaban J connectivity index is 1.09. The third-order valence-electron chi connectivity index (χ3n) is 8.79. The molecular formula is C33H36ClF3N8O4. The number of benzene rings is 2. The van der Waals surface area contributed by atoms with Gasteiger partial charge in [0, 0.05) is 60.8 Å². The van der Waals surface area contributed by atoms with E-state index in [-0.39, 0.29) is 35.6 Å². The highest BCUT2D eigenvalue weighted by atomic mass is 35.5. The van der Waals surface area contributed by atoms with Crippen molar-refractivity contribution in [1.82, 2.24) is 30.1 Å². The summed E-state index contributed by atoms with van der Waals surface area (Å²) in [7, 11) is 0. The van der Waals surface area contributed by atoms with E-state index in [0.717, 1.165) is 18.4 Å². The van der Waals surface area contributed by atoms with Crippen molar-refractivity contribution in [3.63, 3.8) is 0 Å². The highest BCUT2D eigenvalue weighted by Gasteiger charge is 2.46. The topological polar surface area (TPSA) is 142 Å². The maximum absolute atomic E-state index is 13.3. The van der Waals surface area contributed by atoms with Gasteiger partial charge in [0.15, 0.2) is 6.61 Å². The molecule has 0 spiro atoms. The normalized spacial score (nSPS) is 19.4. The average Bonchev–Trinajstić information content (AvgIpc) is 3.55. The van der Waals surface area contributed by atoms with Crippen LogP contribution in [-0.2, 0) is 15.1 Å². The highest BCUT2D eigenvalue weighted by Crippen LogP contribution is 2.48. The third-order valence-corrected chi connectivity index (χ3v) is 9.04. The molecule has 1 aromatic heterocycles. The van der Waals surface area contributed by atoms with Crippen LogP contribution >= 0.6 is 11.6 Å². The molecule has 2 aliphatic heterocycles. The van der Waals surface area contributed by atoms with Gasteiger partial charge in [0.2, 0.25) is 11.9 Å². The maximum Gasteiger partial charge on any atom is 0.422 e. The first kappa shape index (κ1) is 34.2. The third kappa shape index (κ3) is 8.32. The lowest BCUT2D eigenvalue weighted by Gasteiger charge is -2.22. The summed E-state index contributed by atoms with van der Waals surface area (Å²) < 4.78 is 43.7. The van der Waals surface area contributed by atoms with E-state index < -0.39 is 36.1 Å². The number of anilines is 3. The van der Waals surface area contributed by atoms with Gasteiger partial charge in [0.05, 0.1) is 5.54 Å². The molecule has 49 heavy (non-hydrogen) atoms. The zero-order valence-electron chi connectivity index (χ0n) is 26.9. The lowest BCUT2D eigenvalue weighted by atomic mass is 10.0. The van der Waals surface area contributed by atoms with Crippen LogP contribution in [0.1, 0.15) is 42.6 Å². The summed E-state index contributed by atoms with van der Waals surface area (Å²) in [5.74, 6) is -0.920. The first-order valence-corrected chi connectivity index (χ1v) is 16.4. The predicted octanol–water partition coefficient (Wildman–Crippen LogP) is 4.61. The Morgan fingerprint density at radius 1 is 0.918 bits per heavy atom. The number of amides is 3. The van der Waals surface area contributed by atoms with Gasteiger partial charge in [0.25, 0.3) is 5.91 Å². The van der Waals surface area contributed by atoms with Crippen LogP contribution in [0.3, 0.4) is 0 Å². The molecule has 16 heteroatoms. The smallest absolute Gasteiger partial charge is 0.422 e. The highest BCUT2D eigenvalue weighted by molar-refractivity contribution is 6.35. The molecule has 0 radical (unpaired) electrons. The molecule has 3 amide bonds. The van der Waals surface area contributed by atoms with Crippen molar-refractivity contribution in [3.05, 3.63) is 64.7 Å². The van der Waals surface area contributed by atoms with E-state index in [1.807, 2.05) is 26.0 Å². The Bertz CT molecular complexity index is 1690. The molecule has 1 aliphatic carbocycles. The van der Waals surface area contributed by atoms with Crippen molar-refractivity contribution in [2.75, 3.05) is 50.0 Å². The van der Waals surface area contributed by atoms with E-state index in [9.17, 15) is 27.6 Å². The molecule has 3 aromatic rings. The van der Waals surface area contributed by atoms with E-state index >= 15 is 0 Å². The lowest BCUT2D eigenvalue weighted by Crippen LogP contribution is -2.44. The minimum Gasteiger partial charge on any atom is -0.454 e. The van der Waals surface area contributed by atoms with Gasteiger partial charge in [-0.05, 0) is 60.7 Å². The Morgan fingerprint density at radius 2 is 1.53 bits per heavy atom. The van der Waals surface area contributed by atoms with Gasteiger partial charge < -0.3 is 30.5 Å². The molecule has 2 aromatic carbocycles. The first-order chi connectivity index (χ1) is 23.3. The Labute approximate surface area is 285 Å². The van der Waals surface area contributed by atoms with E-state index in [4.69, 9.17) is 16.3 Å². The summed E-state index contributed by atoms with van der Waals surface area (Å²) >= 11 is 6.04. The summed E-state index contributed by atoms with van der Waals surface area (Å²) in [6.07, 6.45) is -3.09. The van der Waals surface area contributed by atoms with Gasteiger partial charge in [-0.1, -0.05) is 37.6 Å². The summed E-state index contributed by atoms with van der Waals surface area (Å²) in [4.78, 5) is 54.0. The molecule has 260 valence electrons. The van der Waals surface area contributed by atoms with Gasteiger partial charge in [-0.3, -0.25) is 14.4 Å². The number of halogens is 4. The predicted molar refractivity (Wildman–Crippen MR) is 174 cm³/mol. The van der Waals surface area contributed by atoms with Gasteiger partial charge >= 0.3 is 24.0 Å². The second-order valence-electron chi connectivity index (χ2n) is 13.1. The van der Waals surface area contributed by atoms with Crippen LogP contribution in [0.25, 0.3) is 0 Å². The van der Waals surface area contributed by atoms with Crippen molar-refractivity contribution in [3.8, 4) is 6.01 Å². The van der Waals surface area contributed by atoms with Crippen molar-refractivity contribution in [1.29, 1.82) is 0 Å². The van der Waals surface area contributed by atoms with E-state index in [2.05, 4.69) is 30.9 Å². The number of fused-ring (bicyclic) bond motifs is 1. The second kappa shape index (κ2) is 13.7. The number of carbonyl (C=O) groups is 3. The van der Waals surface area contributed by atoms with E-state index in [0.29, 0.717) is 49.0 Å². The minimum atomic E-state index is -4.59. The van der Waals surface area contributed by atoms with Gasteiger partial charge in [-0.2, -0.15) is 28.1 Å². The fraction of sp³-hybridized carbons (Fsp3) is 0.455. The number of hydrogen-bond donors (Lipinski definition) is 3. The zero-order chi connectivity index (χ0) is 34.9. The second-order valence-corrected chi connectivity index (χ2v) is 13.6. The molecule has 3 aliphatic rings. The van der Waals surface area contributed by atoms with Gasteiger partial charge in [-0.15, -0.1) is 0 Å². The fourth-order valence-electron chi connectivity index (χ4n) is 6.12. The molecule has 3 heterocycles. The van der Waals surface area contributed by atoms with Crippen LogP contribution in [0.15, 0.2) is 48.5 Å². The molecule has 2 unspecified atom stereocenters. The van der Waals surface area contributed by atoms with Crippen LogP contribution in [0.4, 0.5) is 30.8 Å². The SMILES string of the molecule is CC(C)CNC(=O)C(=O)N1CC2CN(C(=O)c3ccc(Nc4nc(NC5(c6ccc(Cl)cc6)CC5)nc(OCC(F)(F)F)n4)cc3)CC2C1. The summed E-state index contributed by atoms with van der Waals surface area (Å²) in [5.41, 5.74) is 1.35. The number of hydrogen-bond acceptors (Lipinski definition) is 9. The minimum absolute atomic E-state index is 0.0324. The molecule has 2 saturated heterocycles. The van der Waals surface area contributed by atoms with Crippen molar-refractivity contribution in [2.45, 2.75) is 38.4 Å². The first-order valence-electron chi connectivity index (χ1n) is 16.0. The van der Waals surface area contributed by atoms with Crippen LogP contribution in [0.2, 0.25) is 5.02 Å². The van der Waals surface area contributed by atoms with Crippen molar-refractivity contribution in [2.24, 2.45) is 17.8 Å². The lowest BCUT2D eigenvalue weighted by molar-refractivity contribution is -0.154. The van der Waals surface area contributed by atoms with Crippen molar-refractivity contribution >= 4 is 46.9 Å². The summed E-state index contributed by atoms with van der Waals surface area (Å²) in [6, 6.07) is 13.3.